The summed E-state index contributed by atoms with van der Waals surface area (Å²) in [6, 6.07) is 12.8. The number of aromatic hydroxyl groups is 1. The molecule has 0 unspecified atom stereocenters. The number of halogens is 1. The minimum absolute atomic E-state index is 0.0987. The van der Waals surface area contributed by atoms with E-state index in [-0.39, 0.29) is 5.75 Å². The number of phenolic OH excluding ortho intramolecular Hbond substituents is 1. The van der Waals surface area contributed by atoms with Crippen LogP contribution in [0.25, 0.3) is 27.6 Å². The second-order valence-corrected chi connectivity index (χ2v) is 10.3. The van der Waals surface area contributed by atoms with E-state index in [0.29, 0.717) is 23.0 Å². The van der Waals surface area contributed by atoms with Gasteiger partial charge in [0.15, 0.2) is 0 Å². The molecule has 0 atom stereocenters. The van der Waals surface area contributed by atoms with E-state index >= 15 is 0 Å². The number of anilines is 1. The first kappa shape index (κ1) is 22.2. The van der Waals surface area contributed by atoms with Gasteiger partial charge < -0.3 is 15.3 Å². The van der Waals surface area contributed by atoms with Crippen LogP contribution in [-0.4, -0.2) is 41.2 Å². The van der Waals surface area contributed by atoms with E-state index in [9.17, 15) is 5.11 Å². The molecular weight excluding hydrogens is 430 g/mol. The zero-order valence-electron chi connectivity index (χ0n) is 19.4. The molecule has 3 aromatic rings. The zero-order valence-corrected chi connectivity index (χ0v) is 20.2. The molecule has 0 aliphatic heterocycles. The molecule has 5 heteroatoms. The molecule has 0 bridgehead atoms. The molecule has 2 aliphatic carbocycles. The van der Waals surface area contributed by atoms with Crippen LogP contribution in [0.15, 0.2) is 49.2 Å². The Morgan fingerprint density at radius 3 is 2.39 bits per heavy atom. The third kappa shape index (κ3) is 4.60. The van der Waals surface area contributed by atoms with Crippen molar-refractivity contribution >= 4 is 33.8 Å². The second-order valence-electron chi connectivity index (χ2n) is 9.86. The van der Waals surface area contributed by atoms with Gasteiger partial charge in [-0.15, -0.1) is 0 Å². The topological polar surface area (TPSA) is 48.4 Å². The first-order chi connectivity index (χ1) is 15.9. The quantitative estimate of drug-likeness (QED) is 0.416. The van der Waals surface area contributed by atoms with Crippen molar-refractivity contribution in [1.82, 2.24) is 9.88 Å². The van der Waals surface area contributed by atoms with Crippen LogP contribution < -0.4 is 5.32 Å². The van der Waals surface area contributed by atoms with E-state index in [4.69, 9.17) is 16.6 Å². The molecule has 0 radical (unpaired) electrons. The average molecular weight is 462 g/mol. The highest BCUT2D eigenvalue weighted by molar-refractivity contribution is 6.32. The summed E-state index contributed by atoms with van der Waals surface area (Å²) in [6.45, 7) is 4.45. The molecule has 2 aromatic carbocycles. The molecule has 1 aromatic heterocycles. The van der Waals surface area contributed by atoms with Crippen LogP contribution in [0, 0.1) is 5.92 Å². The number of phenols is 1. The van der Waals surface area contributed by atoms with Gasteiger partial charge in [-0.05, 0) is 99.5 Å². The number of hydrogen-bond acceptors (Lipinski definition) is 4. The van der Waals surface area contributed by atoms with Crippen LogP contribution in [-0.2, 0) is 0 Å². The number of pyridine rings is 1. The van der Waals surface area contributed by atoms with Crippen LogP contribution in [0.5, 0.6) is 5.75 Å². The highest BCUT2D eigenvalue weighted by atomic mass is 35.5. The summed E-state index contributed by atoms with van der Waals surface area (Å²) in [5.74, 6) is 0.676. The monoisotopic (exact) mass is 461 g/mol. The number of hydrogen-bond donors (Lipinski definition) is 2. The highest BCUT2D eigenvalue weighted by Crippen LogP contribution is 2.45. The summed E-state index contributed by atoms with van der Waals surface area (Å²) in [5, 5.41) is 15.2. The number of fused-ring (bicyclic) bond motifs is 1. The van der Waals surface area contributed by atoms with Crippen molar-refractivity contribution in [2.45, 2.75) is 50.6 Å². The fourth-order valence-electron chi connectivity index (χ4n) is 5.05. The van der Waals surface area contributed by atoms with E-state index in [0.717, 1.165) is 46.1 Å². The molecule has 2 N–H and O–H groups in total. The third-order valence-corrected chi connectivity index (χ3v) is 7.64. The lowest BCUT2D eigenvalue weighted by Gasteiger charge is -2.34. The van der Waals surface area contributed by atoms with E-state index in [1.165, 1.54) is 31.3 Å². The summed E-state index contributed by atoms with van der Waals surface area (Å²) in [5.41, 5.74) is 6.52. The number of aromatic nitrogens is 1. The van der Waals surface area contributed by atoms with Crippen LogP contribution >= 0.6 is 11.6 Å². The average Bonchev–Trinajstić information content (AvgIpc) is 3.66. The lowest BCUT2D eigenvalue weighted by atomic mass is 9.89. The first-order valence-electron chi connectivity index (χ1n) is 11.9. The van der Waals surface area contributed by atoms with Crippen LogP contribution in [0.2, 0.25) is 5.02 Å². The normalized spacial score (nSPS) is 20.8. The number of rotatable bonds is 6. The van der Waals surface area contributed by atoms with Gasteiger partial charge in [-0.2, -0.15) is 0 Å². The maximum absolute atomic E-state index is 9.83. The van der Waals surface area contributed by atoms with Crippen molar-refractivity contribution in [2.75, 3.05) is 19.4 Å². The highest BCUT2D eigenvalue weighted by Gasteiger charge is 2.29. The Kier molecular flexibility index (Phi) is 6.07. The molecule has 0 saturated heterocycles. The summed E-state index contributed by atoms with van der Waals surface area (Å²) >= 11 is 6.19. The van der Waals surface area contributed by atoms with Gasteiger partial charge in [-0.25, -0.2) is 0 Å². The Bertz CT molecular complexity index is 1190. The molecule has 0 spiro atoms. The van der Waals surface area contributed by atoms with Crippen molar-refractivity contribution in [3.8, 4) is 16.9 Å². The Balaban J connectivity index is 1.55. The lowest BCUT2D eigenvalue weighted by Crippen LogP contribution is -2.36. The van der Waals surface area contributed by atoms with E-state index < -0.39 is 0 Å². The molecule has 33 heavy (non-hydrogen) atoms. The Morgan fingerprint density at radius 1 is 1.03 bits per heavy atom. The fourth-order valence-corrected chi connectivity index (χ4v) is 5.23. The molecule has 1 heterocycles. The second kappa shape index (κ2) is 9.00. The van der Waals surface area contributed by atoms with Gasteiger partial charge >= 0.3 is 0 Å². The SMILES string of the molecule is C=C(c1cnc2ccc(-c3ccc(O)c(Cl)c3)cc2c1NC1CCC(N(C)C)CC1)C1CC1. The Morgan fingerprint density at radius 2 is 1.73 bits per heavy atom. The summed E-state index contributed by atoms with van der Waals surface area (Å²) in [7, 11) is 4.37. The first-order valence-corrected chi connectivity index (χ1v) is 12.3. The van der Waals surface area contributed by atoms with Gasteiger partial charge in [0.25, 0.3) is 0 Å². The standard InChI is InChI=1S/C28H32ClN3O/c1-17(18-4-5-18)24-16-30-26-12-6-19(20-7-13-27(33)25(29)15-20)14-23(26)28(24)31-21-8-10-22(11-9-21)32(2)3/h6-7,12-16,18,21-22,33H,1,4-5,8-11H2,2-3H3,(H,30,31). The van der Waals surface area contributed by atoms with Crippen molar-refractivity contribution in [3.05, 3.63) is 59.8 Å². The van der Waals surface area contributed by atoms with Crippen LogP contribution in [0.1, 0.15) is 44.1 Å². The summed E-state index contributed by atoms with van der Waals surface area (Å²) in [6.07, 6.45) is 9.19. The maximum Gasteiger partial charge on any atom is 0.134 e. The van der Waals surface area contributed by atoms with Gasteiger partial charge in [0.2, 0.25) is 0 Å². The molecule has 5 rings (SSSR count). The minimum Gasteiger partial charge on any atom is -0.506 e. The van der Waals surface area contributed by atoms with Crippen LogP contribution in [0.3, 0.4) is 0 Å². The smallest absolute Gasteiger partial charge is 0.134 e. The predicted octanol–water partition coefficient (Wildman–Crippen LogP) is 6.97. The van der Waals surface area contributed by atoms with Gasteiger partial charge in [-0.1, -0.05) is 30.3 Å². The maximum atomic E-state index is 9.83. The summed E-state index contributed by atoms with van der Waals surface area (Å²) < 4.78 is 0. The van der Waals surface area contributed by atoms with Crippen molar-refractivity contribution < 1.29 is 5.11 Å². The molecule has 4 nitrogen and oxygen atoms in total. The van der Waals surface area contributed by atoms with E-state index in [1.807, 2.05) is 18.3 Å². The van der Waals surface area contributed by atoms with Crippen molar-refractivity contribution in [3.63, 3.8) is 0 Å². The van der Waals surface area contributed by atoms with E-state index in [2.05, 4.69) is 49.1 Å². The molecule has 172 valence electrons. The molecule has 2 fully saturated rings. The predicted molar refractivity (Wildman–Crippen MR) is 139 cm³/mol. The number of allylic oxidation sites excluding steroid dienone is 1. The van der Waals surface area contributed by atoms with Crippen LogP contribution in [0.4, 0.5) is 5.69 Å². The van der Waals surface area contributed by atoms with Crippen molar-refractivity contribution in [2.24, 2.45) is 5.92 Å². The number of nitrogens with one attached hydrogen (secondary N) is 1. The van der Waals surface area contributed by atoms with Crippen molar-refractivity contribution in [1.29, 1.82) is 0 Å². The Hall–Kier alpha value is -2.56. The molecule has 0 amide bonds. The molecule has 2 saturated carbocycles. The summed E-state index contributed by atoms with van der Waals surface area (Å²) in [4.78, 5) is 7.15. The van der Waals surface area contributed by atoms with Gasteiger partial charge in [0.05, 0.1) is 16.2 Å². The minimum atomic E-state index is 0.0987. The molecule has 2 aliphatic rings. The van der Waals surface area contributed by atoms with Gasteiger partial charge in [-0.3, -0.25) is 4.98 Å². The number of nitrogens with zero attached hydrogens (tertiary/aromatic N) is 2. The van der Waals surface area contributed by atoms with Gasteiger partial charge in [0.1, 0.15) is 5.75 Å². The third-order valence-electron chi connectivity index (χ3n) is 7.34. The fraction of sp³-hybridized carbons (Fsp3) is 0.393. The molecular formula is C28H32ClN3O. The lowest BCUT2D eigenvalue weighted by molar-refractivity contribution is 0.221. The van der Waals surface area contributed by atoms with Gasteiger partial charge in [0, 0.05) is 29.2 Å². The Labute approximate surface area is 201 Å². The number of benzene rings is 2. The largest absolute Gasteiger partial charge is 0.506 e. The zero-order chi connectivity index (χ0) is 23.1. The van der Waals surface area contributed by atoms with E-state index in [1.54, 1.807) is 6.07 Å².